The van der Waals surface area contributed by atoms with E-state index in [9.17, 15) is 9.59 Å². The number of pyridine rings is 1. The summed E-state index contributed by atoms with van der Waals surface area (Å²) in [6.07, 6.45) is 0.355. The van der Waals surface area contributed by atoms with Crippen molar-refractivity contribution in [1.29, 1.82) is 0 Å². The molecule has 26 heavy (non-hydrogen) atoms. The Bertz CT molecular complexity index is 793. The second-order valence-electron chi connectivity index (χ2n) is 6.47. The Kier molecular flexibility index (Phi) is 5.80. The average molecular weight is 357 g/mol. The minimum absolute atomic E-state index is 0.0156. The van der Waals surface area contributed by atoms with Gasteiger partial charge in [0.2, 0.25) is 5.91 Å². The number of carbonyl (C=O) groups excluding carboxylic acids is 2. The molecule has 0 bridgehead atoms. The molecular formula is C19H23N3O4. The monoisotopic (exact) mass is 357 g/mol. The number of benzene rings is 1. The minimum Gasteiger partial charge on any atom is -0.379 e. The van der Waals surface area contributed by atoms with E-state index < -0.39 is 0 Å². The fourth-order valence-corrected chi connectivity index (χ4v) is 2.79. The molecule has 2 amide bonds. The van der Waals surface area contributed by atoms with Gasteiger partial charge >= 0.3 is 0 Å². The van der Waals surface area contributed by atoms with Crippen molar-refractivity contribution in [2.45, 2.75) is 18.6 Å². The van der Waals surface area contributed by atoms with Crippen LogP contribution in [0.4, 0.5) is 0 Å². The van der Waals surface area contributed by atoms with Crippen LogP contribution in [0.15, 0.2) is 36.4 Å². The topological polar surface area (TPSA) is 80.8 Å². The molecular weight excluding hydrogens is 334 g/mol. The zero-order valence-electron chi connectivity index (χ0n) is 15.0. The van der Waals surface area contributed by atoms with E-state index >= 15 is 0 Å². The van der Waals surface area contributed by atoms with Gasteiger partial charge in [-0.25, -0.2) is 4.98 Å². The summed E-state index contributed by atoms with van der Waals surface area (Å²) in [7, 11) is 3.36. The Balaban J connectivity index is 1.66. The lowest BCUT2D eigenvalue weighted by Crippen LogP contribution is -2.51. The van der Waals surface area contributed by atoms with Crippen molar-refractivity contribution in [2.24, 2.45) is 0 Å². The van der Waals surface area contributed by atoms with Gasteiger partial charge in [0.1, 0.15) is 12.3 Å². The highest BCUT2D eigenvalue weighted by Crippen LogP contribution is 2.15. The van der Waals surface area contributed by atoms with Gasteiger partial charge in [0, 0.05) is 26.1 Å². The van der Waals surface area contributed by atoms with Crippen molar-refractivity contribution in [1.82, 2.24) is 15.2 Å². The van der Waals surface area contributed by atoms with Crippen LogP contribution in [0.3, 0.4) is 0 Å². The zero-order valence-corrected chi connectivity index (χ0v) is 15.0. The molecule has 1 saturated heterocycles. The summed E-state index contributed by atoms with van der Waals surface area (Å²) < 4.78 is 11.2. The zero-order chi connectivity index (χ0) is 18.5. The Morgan fingerprint density at radius 1 is 1.27 bits per heavy atom. The molecule has 2 heterocycles. The Morgan fingerprint density at radius 3 is 2.88 bits per heavy atom. The van der Waals surface area contributed by atoms with E-state index in [-0.39, 0.29) is 30.6 Å². The smallest absolute Gasteiger partial charge is 0.270 e. The van der Waals surface area contributed by atoms with Crippen molar-refractivity contribution in [3.63, 3.8) is 0 Å². The lowest BCUT2D eigenvalue weighted by atomic mass is 10.1. The highest BCUT2D eigenvalue weighted by Gasteiger charge is 2.29. The number of likely N-dealkylation sites (N-methyl/N-ethyl adjacent to an activating group) is 1. The number of para-hydroxylation sites is 1. The van der Waals surface area contributed by atoms with Crippen LogP contribution in [0, 0.1) is 0 Å². The second-order valence-corrected chi connectivity index (χ2v) is 6.47. The first kappa shape index (κ1) is 18.3. The number of rotatable bonds is 5. The van der Waals surface area contributed by atoms with Gasteiger partial charge in [-0.1, -0.05) is 24.3 Å². The molecule has 1 aromatic carbocycles. The number of hydrogen-bond donors (Lipinski definition) is 1. The molecule has 1 aliphatic heterocycles. The Morgan fingerprint density at radius 2 is 2.08 bits per heavy atom. The van der Waals surface area contributed by atoms with E-state index in [1.807, 2.05) is 30.3 Å². The first-order valence-corrected chi connectivity index (χ1v) is 8.61. The number of ether oxygens (including phenoxy) is 2. The fourth-order valence-electron chi connectivity index (χ4n) is 2.79. The highest BCUT2D eigenvalue weighted by atomic mass is 16.5. The predicted molar refractivity (Wildman–Crippen MR) is 96.9 cm³/mol. The number of amides is 2. The van der Waals surface area contributed by atoms with E-state index in [0.29, 0.717) is 25.3 Å². The predicted octanol–water partition coefficient (Wildman–Crippen LogP) is 1.23. The maximum Gasteiger partial charge on any atom is 0.270 e. The molecule has 1 N–H and O–H groups in total. The summed E-state index contributed by atoms with van der Waals surface area (Å²) in [5, 5.41) is 3.91. The third-order valence-electron chi connectivity index (χ3n) is 4.36. The third-order valence-corrected chi connectivity index (χ3v) is 4.36. The largest absolute Gasteiger partial charge is 0.379 e. The highest BCUT2D eigenvalue weighted by molar-refractivity contribution is 5.95. The summed E-state index contributed by atoms with van der Waals surface area (Å²) in [6, 6.07) is 10.9. The number of nitrogens with zero attached hydrogens (tertiary/aromatic N) is 2. The van der Waals surface area contributed by atoms with Crippen molar-refractivity contribution >= 4 is 22.7 Å². The maximum absolute atomic E-state index is 12.6. The van der Waals surface area contributed by atoms with Gasteiger partial charge in [0.05, 0.1) is 24.3 Å². The van der Waals surface area contributed by atoms with Gasteiger partial charge in [0.15, 0.2) is 0 Å². The molecule has 1 aromatic heterocycles. The molecule has 0 radical (unpaired) electrons. The van der Waals surface area contributed by atoms with Crippen LogP contribution in [0.5, 0.6) is 0 Å². The van der Waals surface area contributed by atoms with E-state index in [0.717, 1.165) is 10.9 Å². The third kappa shape index (κ3) is 4.36. The van der Waals surface area contributed by atoms with Crippen LogP contribution in [0.1, 0.15) is 16.9 Å². The summed E-state index contributed by atoms with van der Waals surface area (Å²) >= 11 is 0. The van der Waals surface area contributed by atoms with Crippen LogP contribution in [-0.2, 0) is 14.3 Å². The number of hydrogen-bond acceptors (Lipinski definition) is 5. The molecule has 0 spiro atoms. The SMILES string of the molecule is CN(C)C(=O)CO[C@H]1CCOC[C@H]1NC(=O)c1ccc2ccccc2n1. The number of nitrogens with one attached hydrogen (secondary N) is 1. The molecule has 138 valence electrons. The van der Waals surface area contributed by atoms with E-state index in [1.165, 1.54) is 4.90 Å². The summed E-state index contributed by atoms with van der Waals surface area (Å²) in [4.78, 5) is 30.2. The fraction of sp³-hybridized carbons (Fsp3) is 0.421. The molecule has 7 nitrogen and oxygen atoms in total. The first-order valence-electron chi connectivity index (χ1n) is 8.61. The van der Waals surface area contributed by atoms with Crippen molar-refractivity contribution < 1.29 is 19.1 Å². The van der Waals surface area contributed by atoms with Gasteiger partial charge in [-0.15, -0.1) is 0 Å². The van der Waals surface area contributed by atoms with Gasteiger partial charge < -0.3 is 19.7 Å². The number of carbonyl (C=O) groups is 2. The molecule has 1 aliphatic rings. The standard InChI is InChI=1S/C19H23N3O4/c1-22(2)18(23)12-26-17-9-10-25-11-16(17)21-19(24)15-8-7-13-5-3-4-6-14(13)20-15/h3-8,16-17H,9-12H2,1-2H3,(H,21,24)/t16-,17+/m1/s1. The molecule has 2 atom stereocenters. The summed E-state index contributed by atoms with van der Waals surface area (Å²) in [5.74, 6) is -0.392. The van der Waals surface area contributed by atoms with Crippen molar-refractivity contribution in [2.75, 3.05) is 33.9 Å². The lowest BCUT2D eigenvalue weighted by Gasteiger charge is -2.32. The summed E-state index contributed by atoms with van der Waals surface area (Å²) in [6.45, 7) is 0.875. The van der Waals surface area contributed by atoms with Gasteiger partial charge in [-0.05, 0) is 18.6 Å². The van der Waals surface area contributed by atoms with Crippen LogP contribution >= 0.6 is 0 Å². The van der Waals surface area contributed by atoms with Crippen LogP contribution < -0.4 is 5.32 Å². The Labute approximate surface area is 152 Å². The Hall–Kier alpha value is -2.51. The van der Waals surface area contributed by atoms with E-state index in [2.05, 4.69) is 10.3 Å². The summed E-state index contributed by atoms with van der Waals surface area (Å²) in [5.41, 5.74) is 1.11. The van der Waals surface area contributed by atoms with Gasteiger partial charge in [-0.3, -0.25) is 9.59 Å². The van der Waals surface area contributed by atoms with Crippen LogP contribution in [-0.4, -0.2) is 67.8 Å². The average Bonchev–Trinajstić information content (AvgIpc) is 2.66. The van der Waals surface area contributed by atoms with Crippen molar-refractivity contribution in [3.8, 4) is 0 Å². The molecule has 0 saturated carbocycles. The molecule has 7 heteroatoms. The number of aromatic nitrogens is 1. The maximum atomic E-state index is 12.6. The molecule has 0 unspecified atom stereocenters. The molecule has 1 fully saturated rings. The van der Waals surface area contributed by atoms with E-state index in [1.54, 1.807) is 20.2 Å². The van der Waals surface area contributed by atoms with Gasteiger partial charge in [-0.2, -0.15) is 0 Å². The number of fused-ring (bicyclic) bond motifs is 1. The molecule has 3 rings (SSSR count). The molecule has 0 aliphatic carbocycles. The molecule has 2 aromatic rings. The lowest BCUT2D eigenvalue weighted by molar-refractivity contribution is -0.138. The van der Waals surface area contributed by atoms with Crippen LogP contribution in [0.2, 0.25) is 0 Å². The normalized spacial score (nSPS) is 19.9. The minimum atomic E-state index is -0.320. The van der Waals surface area contributed by atoms with E-state index in [4.69, 9.17) is 9.47 Å². The first-order chi connectivity index (χ1) is 12.5. The van der Waals surface area contributed by atoms with Gasteiger partial charge in [0.25, 0.3) is 5.91 Å². The second kappa shape index (κ2) is 8.25. The quantitative estimate of drug-likeness (QED) is 0.870. The van der Waals surface area contributed by atoms with Crippen molar-refractivity contribution in [3.05, 3.63) is 42.1 Å². The van der Waals surface area contributed by atoms with Crippen LogP contribution in [0.25, 0.3) is 10.9 Å².